The average molecular weight is 277 g/mol. The van der Waals surface area contributed by atoms with E-state index in [-0.39, 0.29) is 11.6 Å². The fraction of sp³-hybridized carbons (Fsp3) is 0.444. The van der Waals surface area contributed by atoms with Crippen LogP contribution in [0.3, 0.4) is 0 Å². The van der Waals surface area contributed by atoms with Gasteiger partial charge in [0.2, 0.25) is 0 Å². The first-order valence-corrected chi connectivity index (χ1v) is 5.59. The van der Waals surface area contributed by atoms with Crippen molar-refractivity contribution in [3.05, 3.63) is 32.7 Å². The molecule has 0 saturated heterocycles. The number of halogens is 1. The van der Waals surface area contributed by atoms with E-state index >= 15 is 0 Å². The maximum Gasteiger partial charge on any atom is 0.250 e. The van der Waals surface area contributed by atoms with Crippen molar-refractivity contribution >= 4 is 28.7 Å². The molecule has 0 saturated carbocycles. The van der Waals surface area contributed by atoms with Gasteiger partial charge in [-0.3, -0.25) is 9.52 Å². The maximum absolute atomic E-state index is 11.4. The summed E-state index contributed by atoms with van der Waals surface area (Å²) in [5.74, 6) is 0. The second-order valence-electron chi connectivity index (χ2n) is 3.12. The standard InChI is InChI=1S/C9H13BrN2OS/c1-3-8(11-14)6-4-9(13)12(2)5-7(6)10/h4-5,8,11,14H,3H2,1-2H3. The molecule has 78 valence electrons. The third-order valence-corrected chi connectivity index (χ3v) is 3.12. The van der Waals surface area contributed by atoms with Gasteiger partial charge >= 0.3 is 0 Å². The number of hydrogen-bond acceptors (Lipinski definition) is 3. The minimum Gasteiger partial charge on any atom is -0.317 e. The smallest absolute Gasteiger partial charge is 0.250 e. The molecule has 0 aromatic carbocycles. The maximum atomic E-state index is 11.4. The number of thiol groups is 1. The lowest BCUT2D eigenvalue weighted by Gasteiger charge is -2.15. The number of rotatable bonds is 3. The summed E-state index contributed by atoms with van der Waals surface area (Å²) in [6.45, 7) is 2.04. The van der Waals surface area contributed by atoms with Crippen LogP contribution >= 0.6 is 28.7 Å². The van der Waals surface area contributed by atoms with Gasteiger partial charge in [-0.1, -0.05) is 19.7 Å². The van der Waals surface area contributed by atoms with Crippen molar-refractivity contribution in [2.24, 2.45) is 7.05 Å². The molecule has 1 aromatic rings. The molecule has 1 aromatic heterocycles. The van der Waals surface area contributed by atoms with Crippen LogP contribution in [0.15, 0.2) is 21.5 Å². The zero-order chi connectivity index (χ0) is 10.7. The average Bonchev–Trinajstić information content (AvgIpc) is 2.15. The normalized spacial score (nSPS) is 12.9. The van der Waals surface area contributed by atoms with E-state index in [0.717, 1.165) is 16.5 Å². The molecule has 1 atom stereocenters. The number of hydrogen-bond donors (Lipinski definition) is 2. The van der Waals surface area contributed by atoms with Gasteiger partial charge < -0.3 is 4.57 Å². The van der Waals surface area contributed by atoms with Crippen LogP contribution in [0.2, 0.25) is 0 Å². The molecule has 3 nitrogen and oxygen atoms in total. The highest BCUT2D eigenvalue weighted by atomic mass is 79.9. The Morgan fingerprint density at radius 2 is 2.36 bits per heavy atom. The second kappa shape index (κ2) is 5.00. The molecule has 1 heterocycles. The number of nitrogens with zero attached hydrogens (tertiary/aromatic N) is 1. The molecule has 0 aliphatic heterocycles. The van der Waals surface area contributed by atoms with Crippen LogP contribution in [0.5, 0.6) is 0 Å². The zero-order valence-corrected chi connectivity index (χ0v) is 10.6. The lowest BCUT2D eigenvalue weighted by atomic mass is 10.1. The molecule has 14 heavy (non-hydrogen) atoms. The second-order valence-corrected chi connectivity index (χ2v) is 4.23. The summed E-state index contributed by atoms with van der Waals surface area (Å²) in [4.78, 5) is 11.4. The van der Waals surface area contributed by atoms with Crippen LogP contribution in [0.1, 0.15) is 24.9 Å². The van der Waals surface area contributed by atoms with Crippen molar-refractivity contribution < 1.29 is 0 Å². The van der Waals surface area contributed by atoms with E-state index in [1.54, 1.807) is 23.9 Å². The summed E-state index contributed by atoms with van der Waals surface area (Å²) < 4.78 is 5.34. The van der Waals surface area contributed by atoms with E-state index in [0.29, 0.717) is 0 Å². The Kier molecular flexibility index (Phi) is 4.22. The molecule has 0 bridgehead atoms. The number of nitrogens with one attached hydrogen (secondary N) is 1. The van der Waals surface area contributed by atoms with E-state index in [9.17, 15) is 4.79 Å². The highest BCUT2D eigenvalue weighted by Crippen LogP contribution is 2.23. The van der Waals surface area contributed by atoms with Crippen LogP contribution in [0.25, 0.3) is 0 Å². The molecule has 1 unspecified atom stereocenters. The summed E-state index contributed by atoms with van der Waals surface area (Å²) in [7, 11) is 1.73. The minimum atomic E-state index is -0.00904. The summed E-state index contributed by atoms with van der Waals surface area (Å²) in [5, 5.41) is 0. The third-order valence-electron chi connectivity index (χ3n) is 2.15. The van der Waals surface area contributed by atoms with Gasteiger partial charge in [0.05, 0.1) is 0 Å². The summed E-state index contributed by atoms with van der Waals surface area (Å²) >= 11 is 7.46. The number of aryl methyl sites for hydroxylation is 1. The quantitative estimate of drug-likeness (QED) is 0.829. The van der Waals surface area contributed by atoms with Gasteiger partial charge in [-0.05, 0) is 27.9 Å². The summed E-state index contributed by atoms with van der Waals surface area (Å²) in [6.07, 6.45) is 2.65. The van der Waals surface area contributed by atoms with Gasteiger partial charge in [0.15, 0.2) is 0 Å². The highest BCUT2D eigenvalue weighted by molar-refractivity contribution is 9.10. The van der Waals surface area contributed by atoms with Crippen molar-refractivity contribution in [1.29, 1.82) is 0 Å². The Morgan fingerprint density at radius 3 is 2.86 bits per heavy atom. The molecule has 0 fully saturated rings. The van der Waals surface area contributed by atoms with Crippen LogP contribution in [-0.2, 0) is 7.05 Å². The van der Waals surface area contributed by atoms with Crippen molar-refractivity contribution in [3.8, 4) is 0 Å². The van der Waals surface area contributed by atoms with Crippen molar-refractivity contribution in [2.45, 2.75) is 19.4 Å². The van der Waals surface area contributed by atoms with Crippen molar-refractivity contribution in [1.82, 2.24) is 9.29 Å². The van der Waals surface area contributed by atoms with Gasteiger partial charge in [0.25, 0.3) is 5.56 Å². The van der Waals surface area contributed by atoms with Crippen LogP contribution < -0.4 is 10.3 Å². The van der Waals surface area contributed by atoms with Gasteiger partial charge in [0.1, 0.15) is 0 Å². The predicted molar refractivity (Wildman–Crippen MR) is 64.5 cm³/mol. The molecule has 0 amide bonds. The monoisotopic (exact) mass is 276 g/mol. The van der Waals surface area contributed by atoms with Gasteiger partial charge in [-0.25, -0.2) is 0 Å². The van der Waals surface area contributed by atoms with Crippen molar-refractivity contribution in [3.63, 3.8) is 0 Å². The van der Waals surface area contributed by atoms with E-state index in [1.807, 2.05) is 6.92 Å². The largest absolute Gasteiger partial charge is 0.317 e. The van der Waals surface area contributed by atoms with E-state index < -0.39 is 0 Å². The van der Waals surface area contributed by atoms with E-state index in [1.165, 1.54) is 0 Å². The van der Waals surface area contributed by atoms with E-state index in [4.69, 9.17) is 0 Å². The molecule has 1 rings (SSSR count). The molecule has 0 aliphatic rings. The molecule has 1 N–H and O–H groups in total. The topological polar surface area (TPSA) is 34.0 Å². The molecular weight excluding hydrogens is 264 g/mol. The fourth-order valence-electron chi connectivity index (χ4n) is 1.26. The Balaban J connectivity index is 3.21. The Hall–Kier alpha value is -0.260. The fourth-order valence-corrected chi connectivity index (χ4v) is 2.28. The zero-order valence-electron chi connectivity index (χ0n) is 8.12. The molecular formula is C9H13BrN2OS. The molecule has 0 radical (unpaired) electrons. The lowest BCUT2D eigenvalue weighted by molar-refractivity contribution is 0.646. The Morgan fingerprint density at radius 1 is 1.71 bits per heavy atom. The molecule has 0 spiro atoms. The first kappa shape index (κ1) is 11.8. The van der Waals surface area contributed by atoms with Crippen LogP contribution in [-0.4, -0.2) is 4.57 Å². The lowest BCUT2D eigenvalue weighted by Crippen LogP contribution is -2.20. The van der Waals surface area contributed by atoms with E-state index in [2.05, 4.69) is 33.5 Å². The summed E-state index contributed by atoms with van der Waals surface area (Å²) in [5.41, 5.74) is 0.941. The third kappa shape index (κ3) is 2.40. The minimum absolute atomic E-state index is 0.00904. The van der Waals surface area contributed by atoms with Crippen molar-refractivity contribution in [2.75, 3.05) is 0 Å². The highest BCUT2D eigenvalue weighted by Gasteiger charge is 2.12. The Bertz CT molecular complexity index is 374. The predicted octanol–water partition coefficient (Wildman–Crippen LogP) is 2.03. The van der Waals surface area contributed by atoms with Gasteiger partial charge in [0, 0.05) is 29.8 Å². The number of pyridine rings is 1. The SMILES string of the molecule is CCC(NS)c1cc(=O)n(C)cc1Br. The number of aromatic nitrogens is 1. The Labute approximate surface area is 97.2 Å². The molecule has 0 aliphatic carbocycles. The van der Waals surface area contributed by atoms with Gasteiger partial charge in [-0.15, -0.1) is 0 Å². The summed E-state index contributed by atoms with van der Waals surface area (Å²) in [6, 6.07) is 1.73. The molecule has 5 heteroatoms. The first-order chi connectivity index (χ1) is 6.60. The van der Waals surface area contributed by atoms with Crippen LogP contribution in [0, 0.1) is 0 Å². The van der Waals surface area contributed by atoms with Gasteiger partial charge in [-0.2, -0.15) is 0 Å². The first-order valence-electron chi connectivity index (χ1n) is 4.35. The van der Waals surface area contributed by atoms with Crippen LogP contribution in [0.4, 0.5) is 0 Å².